The molecule has 0 fully saturated rings. The highest BCUT2D eigenvalue weighted by atomic mass is 17.1. The smallest absolute Gasteiger partial charge is 0.108 e. The third kappa shape index (κ3) is 11.9. The molecule has 0 rings (SSSR count). The van der Waals surface area contributed by atoms with Gasteiger partial charge in [0.05, 0.1) is 24.0 Å². The van der Waals surface area contributed by atoms with Gasteiger partial charge in [0.2, 0.25) is 0 Å². The second kappa shape index (κ2) is 10.8. The molecular formula is C8H20N2O7. The van der Waals surface area contributed by atoms with Crippen LogP contribution in [0.4, 0.5) is 0 Å². The van der Waals surface area contributed by atoms with Crippen molar-refractivity contribution in [3.05, 3.63) is 0 Å². The molecule has 1 unspecified atom stereocenters. The van der Waals surface area contributed by atoms with Crippen LogP contribution in [-0.4, -0.2) is 57.5 Å². The first-order chi connectivity index (χ1) is 8.06. The SMILES string of the molecule is CCCC(COCCCON(O)O)ON(O)O. The molecule has 0 aliphatic rings. The summed E-state index contributed by atoms with van der Waals surface area (Å²) in [5, 5.41) is 32.7. The summed E-state index contributed by atoms with van der Waals surface area (Å²) in [4.78, 5) is 8.94. The maximum atomic E-state index is 8.48. The van der Waals surface area contributed by atoms with Crippen molar-refractivity contribution in [1.82, 2.24) is 10.8 Å². The van der Waals surface area contributed by atoms with E-state index in [9.17, 15) is 0 Å². The number of ether oxygens (including phenoxy) is 1. The molecule has 0 saturated heterocycles. The summed E-state index contributed by atoms with van der Waals surface area (Å²) in [6.07, 6.45) is 1.45. The van der Waals surface area contributed by atoms with E-state index in [4.69, 9.17) is 25.6 Å². The Morgan fingerprint density at radius 2 is 1.76 bits per heavy atom. The Hall–Kier alpha value is -0.360. The van der Waals surface area contributed by atoms with Crippen LogP contribution in [0, 0.1) is 0 Å². The molecule has 0 aromatic rings. The number of hydrogen-bond donors (Lipinski definition) is 4. The Morgan fingerprint density at radius 1 is 1.06 bits per heavy atom. The Balaban J connectivity index is 3.47. The van der Waals surface area contributed by atoms with Crippen LogP contribution in [0.25, 0.3) is 0 Å². The van der Waals surface area contributed by atoms with E-state index >= 15 is 0 Å². The molecule has 0 aromatic heterocycles. The molecular weight excluding hydrogens is 236 g/mol. The summed E-state index contributed by atoms with van der Waals surface area (Å²) in [6, 6.07) is 0. The van der Waals surface area contributed by atoms with Gasteiger partial charge in [0.25, 0.3) is 0 Å². The van der Waals surface area contributed by atoms with E-state index in [0.29, 0.717) is 19.4 Å². The van der Waals surface area contributed by atoms with Crippen LogP contribution in [0.15, 0.2) is 0 Å². The molecule has 0 aliphatic heterocycles. The molecule has 0 bridgehead atoms. The fraction of sp³-hybridized carbons (Fsp3) is 1.00. The zero-order valence-corrected chi connectivity index (χ0v) is 9.73. The highest BCUT2D eigenvalue weighted by molar-refractivity contribution is 4.53. The molecule has 1 atom stereocenters. The van der Waals surface area contributed by atoms with Gasteiger partial charge in [-0.25, -0.2) is 4.84 Å². The van der Waals surface area contributed by atoms with Crippen LogP contribution in [0.3, 0.4) is 0 Å². The predicted octanol–water partition coefficient (Wildman–Crippen LogP) is 0.586. The summed E-state index contributed by atoms with van der Waals surface area (Å²) in [5.74, 6) is 0. The zero-order valence-electron chi connectivity index (χ0n) is 9.73. The van der Waals surface area contributed by atoms with Gasteiger partial charge in [-0.1, -0.05) is 13.3 Å². The summed E-state index contributed by atoms with van der Waals surface area (Å²) in [7, 11) is 0. The van der Waals surface area contributed by atoms with Crippen molar-refractivity contribution >= 4 is 0 Å². The molecule has 0 aliphatic carbocycles. The van der Waals surface area contributed by atoms with Crippen molar-refractivity contribution in [1.29, 1.82) is 0 Å². The molecule has 0 spiro atoms. The minimum Gasteiger partial charge on any atom is -0.379 e. The Labute approximate surface area is 99.1 Å². The summed E-state index contributed by atoms with van der Waals surface area (Å²) < 4.78 is 5.20. The minimum absolute atomic E-state index is 0.0957. The molecule has 17 heavy (non-hydrogen) atoms. The van der Waals surface area contributed by atoms with Crippen LogP contribution in [0.5, 0.6) is 0 Å². The van der Waals surface area contributed by atoms with Gasteiger partial charge in [-0.05, 0) is 12.8 Å². The van der Waals surface area contributed by atoms with Gasteiger partial charge in [0.15, 0.2) is 0 Å². The number of hydrogen-bond acceptors (Lipinski definition) is 9. The second-order valence-corrected chi connectivity index (χ2v) is 3.28. The quantitative estimate of drug-likeness (QED) is 0.311. The topological polar surface area (TPSA) is 115 Å². The van der Waals surface area contributed by atoms with E-state index in [1.54, 1.807) is 0 Å². The van der Waals surface area contributed by atoms with E-state index in [1.165, 1.54) is 0 Å². The number of rotatable bonds is 11. The lowest BCUT2D eigenvalue weighted by Gasteiger charge is -2.18. The summed E-state index contributed by atoms with van der Waals surface area (Å²) >= 11 is 0. The molecule has 9 nitrogen and oxygen atoms in total. The normalized spacial score (nSPS) is 13.6. The van der Waals surface area contributed by atoms with Crippen molar-refractivity contribution in [3.8, 4) is 0 Å². The lowest BCUT2D eigenvalue weighted by atomic mass is 10.2. The highest BCUT2D eigenvalue weighted by Gasteiger charge is 2.11. The van der Waals surface area contributed by atoms with Crippen molar-refractivity contribution in [2.24, 2.45) is 0 Å². The average Bonchev–Trinajstić information content (AvgIpc) is 2.22. The van der Waals surface area contributed by atoms with E-state index in [0.717, 1.165) is 6.42 Å². The Kier molecular flexibility index (Phi) is 10.5. The summed E-state index contributed by atoms with van der Waals surface area (Å²) in [5.41, 5.74) is 0. The van der Waals surface area contributed by atoms with Crippen molar-refractivity contribution in [2.45, 2.75) is 32.3 Å². The van der Waals surface area contributed by atoms with Gasteiger partial charge in [0.1, 0.15) is 6.10 Å². The van der Waals surface area contributed by atoms with E-state index in [1.807, 2.05) is 6.92 Å². The maximum Gasteiger partial charge on any atom is 0.108 e. The van der Waals surface area contributed by atoms with Gasteiger partial charge in [-0.2, -0.15) is 0 Å². The van der Waals surface area contributed by atoms with Crippen molar-refractivity contribution in [2.75, 3.05) is 19.8 Å². The number of nitrogens with zero attached hydrogens (tertiary/aromatic N) is 2. The van der Waals surface area contributed by atoms with Crippen LogP contribution in [0.1, 0.15) is 26.2 Å². The van der Waals surface area contributed by atoms with Gasteiger partial charge < -0.3 is 4.74 Å². The van der Waals surface area contributed by atoms with Gasteiger partial charge >= 0.3 is 0 Å². The first kappa shape index (κ1) is 16.6. The Morgan fingerprint density at radius 3 is 2.29 bits per heavy atom. The molecule has 9 heteroatoms. The lowest BCUT2D eigenvalue weighted by Crippen LogP contribution is -2.28. The first-order valence-corrected chi connectivity index (χ1v) is 5.29. The minimum atomic E-state index is -0.442. The fourth-order valence-electron chi connectivity index (χ4n) is 1.14. The third-order valence-corrected chi connectivity index (χ3v) is 1.80. The largest absolute Gasteiger partial charge is 0.379 e. The highest BCUT2D eigenvalue weighted by Crippen LogP contribution is 2.04. The van der Waals surface area contributed by atoms with Gasteiger partial charge in [-0.3, -0.25) is 25.7 Å². The zero-order chi connectivity index (χ0) is 13.1. The molecule has 104 valence electrons. The summed E-state index contributed by atoms with van der Waals surface area (Å²) in [6.45, 7) is 2.56. The molecule has 0 heterocycles. The average molecular weight is 256 g/mol. The first-order valence-electron chi connectivity index (χ1n) is 5.29. The Bertz CT molecular complexity index is 170. The lowest BCUT2D eigenvalue weighted by molar-refractivity contribution is -0.506. The standard InChI is InChI=1S/C8H20N2O7/c1-2-4-8(17-10(13)14)7-15-5-3-6-16-9(11)12/h8,11-14H,2-7H2,1H3. The van der Waals surface area contributed by atoms with Gasteiger partial charge in [0, 0.05) is 6.61 Å². The fourth-order valence-corrected chi connectivity index (χ4v) is 1.14. The van der Waals surface area contributed by atoms with Crippen LogP contribution >= 0.6 is 0 Å². The third-order valence-electron chi connectivity index (χ3n) is 1.80. The van der Waals surface area contributed by atoms with Crippen molar-refractivity contribution < 1.29 is 35.2 Å². The predicted molar refractivity (Wildman–Crippen MR) is 52.0 cm³/mol. The van der Waals surface area contributed by atoms with Crippen LogP contribution in [-0.2, 0) is 14.4 Å². The van der Waals surface area contributed by atoms with Gasteiger partial charge in [-0.15, -0.1) is 0 Å². The van der Waals surface area contributed by atoms with E-state index in [-0.39, 0.29) is 24.0 Å². The van der Waals surface area contributed by atoms with Crippen LogP contribution < -0.4 is 0 Å². The maximum absolute atomic E-state index is 8.48. The molecule has 0 aromatic carbocycles. The van der Waals surface area contributed by atoms with Crippen molar-refractivity contribution in [3.63, 3.8) is 0 Å². The monoisotopic (exact) mass is 256 g/mol. The molecule has 0 saturated carbocycles. The molecule has 0 amide bonds. The van der Waals surface area contributed by atoms with E-state index in [2.05, 4.69) is 9.68 Å². The molecule has 0 radical (unpaired) electrons. The second-order valence-electron chi connectivity index (χ2n) is 3.28. The molecule has 4 N–H and O–H groups in total. The van der Waals surface area contributed by atoms with Crippen LogP contribution in [0.2, 0.25) is 0 Å². The van der Waals surface area contributed by atoms with E-state index < -0.39 is 6.10 Å².